The molecule has 31 heavy (non-hydrogen) atoms. The number of nitrogens with two attached hydrogens (primary N) is 1. The summed E-state index contributed by atoms with van der Waals surface area (Å²) in [5, 5.41) is 14.7. The van der Waals surface area contributed by atoms with Crippen LogP contribution >= 0.6 is 0 Å². The maximum atomic E-state index is 12.4. The summed E-state index contributed by atoms with van der Waals surface area (Å²) in [6.07, 6.45) is 4.55. The summed E-state index contributed by atoms with van der Waals surface area (Å²) in [4.78, 5) is 21.0. The van der Waals surface area contributed by atoms with Gasteiger partial charge in [-0.15, -0.1) is 0 Å². The van der Waals surface area contributed by atoms with E-state index in [0.29, 0.717) is 22.8 Å². The predicted octanol–water partition coefficient (Wildman–Crippen LogP) is 4.01. The van der Waals surface area contributed by atoms with Crippen molar-refractivity contribution < 1.29 is 4.79 Å². The van der Waals surface area contributed by atoms with Gasteiger partial charge in [-0.2, -0.15) is 5.26 Å². The van der Waals surface area contributed by atoms with Gasteiger partial charge in [0, 0.05) is 17.1 Å². The third-order valence-electron chi connectivity index (χ3n) is 5.50. The largest absolute Gasteiger partial charge is 0.382 e. The average Bonchev–Trinajstić information content (AvgIpc) is 3.37. The quantitative estimate of drug-likeness (QED) is 0.472. The Kier molecular flexibility index (Phi) is 4.49. The van der Waals surface area contributed by atoms with Crippen molar-refractivity contribution in [2.24, 2.45) is 0 Å². The van der Waals surface area contributed by atoms with E-state index in [-0.39, 0.29) is 0 Å². The summed E-state index contributed by atoms with van der Waals surface area (Å²) in [5.41, 5.74) is 12.8. The van der Waals surface area contributed by atoms with E-state index >= 15 is 0 Å². The number of aryl methyl sites for hydroxylation is 1. The second-order valence-electron chi connectivity index (χ2n) is 7.35. The second kappa shape index (κ2) is 7.46. The number of urea groups is 1. The molecule has 1 aliphatic rings. The van der Waals surface area contributed by atoms with Crippen LogP contribution < -0.4 is 16.4 Å². The third-order valence-corrected chi connectivity index (χ3v) is 5.50. The van der Waals surface area contributed by atoms with Crippen LogP contribution in [0.4, 0.5) is 22.0 Å². The lowest BCUT2D eigenvalue weighted by Crippen LogP contribution is -2.20. The fourth-order valence-corrected chi connectivity index (χ4v) is 4.15. The Morgan fingerprint density at radius 2 is 1.87 bits per heavy atom. The molecule has 8 nitrogen and oxygen atoms in total. The Morgan fingerprint density at radius 1 is 1.06 bits per heavy atom. The molecule has 0 radical (unpaired) electrons. The zero-order valence-corrected chi connectivity index (χ0v) is 16.6. The summed E-state index contributed by atoms with van der Waals surface area (Å²) in [5.74, 6) is 0.456. The molecule has 2 heterocycles. The van der Waals surface area contributed by atoms with Crippen LogP contribution in [0.25, 0.3) is 16.7 Å². The highest BCUT2D eigenvalue weighted by molar-refractivity contribution is 6.00. The molecule has 152 valence electrons. The van der Waals surface area contributed by atoms with E-state index in [2.05, 4.69) is 31.2 Å². The zero-order valence-electron chi connectivity index (χ0n) is 16.6. The number of amides is 2. The lowest BCUT2D eigenvalue weighted by molar-refractivity contribution is 0.262. The number of nitriles is 1. The Balaban J connectivity index is 1.42. The van der Waals surface area contributed by atoms with E-state index in [1.807, 2.05) is 24.3 Å². The standard InChI is InChI=1S/C23H19N7O/c24-12-14-4-1-2-6-18(14)29-23(31)28-15-8-10-16(11-9-15)30-19-7-3-5-17(19)20-21(30)22(25)27-13-26-20/h1-2,4,6,8-11,13H,3,5,7H2,(H2,25,26,27)(H2,28,29,31). The molecule has 0 saturated carbocycles. The highest BCUT2D eigenvalue weighted by Gasteiger charge is 2.25. The van der Waals surface area contributed by atoms with Gasteiger partial charge in [-0.25, -0.2) is 14.8 Å². The highest BCUT2D eigenvalue weighted by atomic mass is 16.2. The third kappa shape index (κ3) is 3.22. The number of nitrogens with zero attached hydrogens (tertiary/aromatic N) is 4. The number of anilines is 3. The van der Waals surface area contributed by atoms with Crippen molar-refractivity contribution >= 4 is 34.3 Å². The van der Waals surface area contributed by atoms with Gasteiger partial charge in [-0.05, 0) is 61.2 Å². The van der Waals surface area contributed by atoms with Gasteiger partial charge in [0.05, 0.1) is 16.8 Å². The van der Waals surface area contributed by atoms with E-state index < -0.39 is 6.03 Å². The molecule has 0 aliphatic heterocycles. The van der Waals surface area contributed by atoms with E-state index in [0.717, 1.165) is 36.0 Å². The first kappa shape index (κ1) is 18.6. The smallest absolute Gasteiger partial charge is 0.323 e. The molecular formula is C23H19N7O. The number of hydrogen-bond acceptors (Lipinski definition) is 5. The first-order valence-corrected chi connectivity index (χ1v) is 9.96. The highest BCUT2D eigenvalue weighted by Crippen LogP contribution is 2.36. The number of hydrogen-bond donors (Lipinski definition) is 3. The topological polar surface area (TPSA) is 122 Å². The summed E-state index contributed by atoms with van der Waals surface area (Å²) >= 11 is 0. The number of carbonyl (C=O) groups is 1. The SMILES string of the molecule is N#Cc1ccccc1NC(=O)Nc1ccc(-n2c3c(c4ncnc(N)c42)CCC3)cc1. The van der Waals surface area contributed by atoms with Gasteiger partial charge < -0.3 is 20.9 Å². The summed E-state index contributed by atoms with van der Waals surface area (Å²) in [6.45, 7) is 0. The monoisotopic (exact) mass is 409 g/mol. The van der Waals surface area contributed by atoms with Crippen LogP contribution in [0.2, 0.25) is 0 Å². The molecule has 0 bridgehead atoms. The Labute approximate surface area is 178 Å². The number of aromatic nitrogens is 3. The van der Waals surface area contributed by atoms with E-state index in [4.69, 9.17) is 11.0 Å². The van der Waals surface area contributed by atoms with Gasteiger partial charge in [0.1, 0.15) is 17.9 Å². The van der Waals surface area contributed by atoms with Gasteiger partial charge in [0.25, 0.3) is 0 Å². The van der Waals surface area contributed by atoms with E-state index in [1.165, 1.54) is 17.6 Å². The lowest BCUT2D eigenvalue weighted by Gasteiger charge is -2.12. The number of fused-ring (bicyclic) bond motifs is 3. The summed E-state index contributed by atoms with van der Waals surface area (Å²) in [6, 6.07) is 16.0. The van der Waals surface area contributed by atoms with Crippen LogP contribution in [0.15, 0.2) is 54.9 Å². The van der Waals surface area contributed by atoms with E-state index in [1.54, 1.807) is 24.3 Å². The molecule has 0 fully saturated rings. The van der Waals surface area contributed by atoms with Crippen LogP contribution in [0.1, 0.15) is 23.2 Å². The molecule has 5 rings (SSSR count). The van der Waals surface area contributed by atoms with Gasteiger partial charge in [-0.1, -0.05) is 12.1 Å². The number of para-hydroxylation sites is 1. The Hall–Kier alpha value is -4.38. The van der Waals surface area contributed by atoms with Crippen LogP contribution in [0.3, 0.4) is 0 Å². The number of benzene rings is 2. The molecule has 0 saturated heterocycles. The van der Waals surface area contributed by atoms with Crippen molar-refractivity contribution in [1.29, 1.82) is 5.26 Å². The fourth-order valence-electron chi connectivity index (χ4n) is 4.15. The van der Waals surface area contributed by atoms with Crippen molar-refractivity contribution in [2.45, 2.75) is 19.3 Å². The first-order chi connectivity index (χ1) is 15.2. The fraction of sp³-hybridized carbons (Fsp3) is 0.130. The normalized spacial score (nSPS) is 12.4. The molecule has 0 atom stereocenters. The van der Waals surface area contributed by atoms with Crippen LogP contribution in [-0.2, 0) is 12.8 Å². The van der Waals surface area contributed by atoms with Crippen molar-refractivity contribution in [3.63, 3.8) is 0 Å². The molecule has 4 N–H and O–H groups in total. The van der Waals surface area contributed by atoms with Gasteiger partial charge in [0.2, 0.25) is 0 Å². The number of rotatable bonds is 3. The molecule has 1 aliphatic carbocycles. The maximum Gasteiger partial charge on any atom is 0.323 e. The zero-order chi connectivity index (χ0) is 21.4. The van der Waals surface area contributed by atoms with Crippen LogP contribution in [-0.4, -0.2) is 20.6 Å². The van der Waals surface area contributed by atoms with Crippen LogP contribution in [0, 0.1) is 11.3 Å². The molecule has 2 aromatic heterocycles. The Morgan fingerprint density at radius 3 is 2.68 bits per heavy atom. The summed E-state index contributed by atoms with van der Waals surface area (Å²) < 4.78 is 2.13. The predicted molar refractivity (Wildman–Crippen MR) is 119 cm³/mol. The number of nitrogen functional groups attached to an aromatic ring is 1. The Bertz CT molecular complexity index is 1350. The maximum absolute atomic E-state index is 12.4. The number of nitrogens with one attached hydrogen (secondary N) is 2. The molecule has 2 amide bonds. The lowest BCUT2D eigenvalue weighted by atomic mass is 10.2. The minimum Gasteiger partial charge on any atom is -0.382 e. The van der Waals surface area contributed by atoms with Crippen molar-refractivity contribution in [3.05, 3.63) is 71.7 Å². The molecule has 0 spiro atoms. The molecule has 4 aromatic rings. The van der Waals surface area contributed by atoms with Crippen molar-refractivity contribution in [1.82, 2.24) is 14.5 Å². The van der Waals surface area contributed by atoms with Gasteiger partial charge in [-0.3, -0.25) is 0 Å². The molecule has 2 aromatic carbocycles. The second-order valence-corrected chi connectivity index (χ2v) is 7.35. The first-order valence-electron chi connectivity index (χ1n) is 9.96. The van der Waals surface area contributed by atoms with Crippen LogP contribution in [0.5, 0.6) is 0 Å². The number of carbonyl (C=O) groups excluding carboxylic acids is 1. The minimum atomic E-state index is -0.416. The molecule has 0 unspecified atom stereocenters. The van der Waals surface area contributed by atoms with Crippen molar-refractivity contribution in [2.75, 3.05) is 16.4 Å². The molecular weight excluding hydrogens is 390 g/mol. The van der Waals surface area contributed by atoms with Gasteiger partial charge in [0.15, 0.2) is 5.82 Å². The van der Waals surface area contributed by atoms with Gasteiger partial charge >= 0.3 is 6.03 Å². The molecule has 8 heteroatoms. The van der Waals surface area contributed by atoms with Crippen molar-refractivity contribution in [3.8, 4) is 11.8 Å². The summed E-state index contributed by atoms with van der Waals surface area (Å²) in [7, 11) is 0. The van der Waals surface area contributed by atoms with E-state index in [9.17, 15) is 4.79 Å². The average molecular weight is 409 g/mol. The minimum absolute atomic E-state index is 0.404.